The second-order valence-corrected chi connectivity index (χ2v) is 7.17. The van der Waals surface area contributed by atoms with Crippen molar-refractivity contribution in [3.63, 3.8) is 0 Å². The number of anilines is 1. The van der Waals surface area contributed by atoms with Gasteiger partial charge in [0.05, 0.1) is 12.7 Å². The van der Waals surface area contributed by atoms with Crippen LogP contribution in [-0.4, -0.2) is 69.9 Å². The van der Waals surface area contributed by atoms with E-state index in [0.29, 0.717) is 5.92 Å². The lowest BCUT2D eigenvalue weighted by Gasteiger charge is -2.34. The van der Waals surface area contributed by atoms with Gasteiger partial charge in [0, 0.05) is 52.0 Å². The Kier molecular flexibility index (Phi) is 12.4. The molecule has 0 radical (unpaired) electrons. The Bertz CT molecular complexity index is 526. The van der Waals surface area contributed by atoms with Gasteiger partial charge in [0.25, 0.3) is 0 Å². The zero-order valence-corrected chi connectivity index (χ0v) is 19.2. The summed E-state index contributed by atoms with van der Waals surface area (Å²) in [7, 11) is 1.81. The van der Waals surface area contributed by atoms with Crippen molar-refractivity contribution < 1.29 is 4.74 Å². The van der Waals surface area contributed by atoms with E-state index in [-0.39, 0.29) is 30.1 Å². The summed E-state index contributed by atoms with van der Waals surface area (Å²) in [6.45, 7) is 11.1. The zero-order valence-electron chi connectivity index (χ0n) is 16.9. The van der Waals surface area contributed by atoms with Crippen LogP contribution in [0.1, 0.15) is 20.3 Å². The molecule has 27 heavy (non-hydrogen) atoms. The van der Waals surface area contributed by atoms with Gasteiger partial charge in [-0.2, -0.15) is 0 Å². The monoisotopic (exact) mass is 489 g/mol. The van der Waals surface area contributed by atoms with Gasteiger partial charge in [-0.15, -0.1) is 24.0 Å². The number of hydrogen-bond donors (Lipinski definition) is 3. The van der Waals surface area contributed by atoms with Crippen molar-refractivity contribution in [2.75, 3.05) is 58.2 Å². The summed E-state index contributed by atoms with van der Waals surface area (Å²) >= 11 is 0. The molecular weight excluding hydrogens is 453 g/mol. The lowest BCUT2D eigenvalue weighted by Crippen LogP contribution is -2.50. The van der Waals surface area contributed by atoms with Crippen molar-refractivity contribution in [1.82, 2.24) is 15.5 Å². The van der Waals surface area contributed by atoms with E-state index in [0.717, 1.165) is 63.9 Å². The quantitative estimate of drug-likeness (QED) is 0.216. The summed E-state index contributed by atoms with van der Waals surface area (Å²) in [6.07, 6.45) is 1.25. The third kappa shape index (κ3) is 10.2. The van der Waals surface area contributed by atoms with Gasteiger partial charge in [-0.25, -0.2) is 0 Å². The normalized spacial score (nSPS) is 18.1. The number of halogens is 1. The second-order valence-electron chi connectivity index (χ2n) is 7.17. The van der Waals surface area contributed by atoms with Gasteiger partial charge in [0.15, 0.2) is 5.96 Å². The number of ether oxygens (including phenoxy) is 1. The number of para-hydroxylation sites is 1. The first-order chi connectivity index (χ1) is 12.7. The van der Waals surface area contributed by atoms with E-state index < -0.39 is 0 Å². The Morgan fingerprint density at radius 2 is 2.00 bits per heavy atom. The van der Waals surface area contributed by atoms with E-state index >= 15 is 0 Å². The van der Waals surface area contributed by atoms with Crippen molar-refractivity contribution in [1.29, 1.82) is 0 Å². The molecule has 7 heteroatoms. The highest BCUT2D eigenvalue weighted by Crippen LogP contribution is 2.07. The van der Waals surface area contributed by atoms with Crippen LogP contribution in [0.4, 0.5) is 5.69 Å². The van der Waals surface area contributed by atoms with Crippen LogP contribution < -0.4 is 16.0 Å². The number of nitrogens with zero attached hydrogens (tertiary/aromatic N) is 2. The van der Waals surface area contributed by atoms with E-state index in [1.54, 1.807) is 0 Å². The second kappa shape index (κ2) is 14.0. The standard InChI is InChI=1S/C20H35N5O.HI/c1-17(2)15-25-12-13-26-19(16-25)14-24-20(21-3)23-11-7-10-22-18-8-5-4-6-9-18;/h4-6,8-9,17,19,22H,7,10-16H2,1-3H3,(H2,21,23,24);1H. The Labute approximate surface area is 181 Å². The molecule has 0 spiro atoms. The summed E-state index contributed by atoms with van der Waals surface area (Å²) < 4.78 is 5.88. The molecule has 0 amide bonds. The number of rotatable bonds is 9. The molecule has 3 N–H and O–H groups in total. The molecule has 1 unspecified atom stereocenters. The van der Waals surface area contributed by atoms with Crippen LogP contribution in [0.25, 0.3) is 0 Å². The molecule has 0 saturated carbocycles. The zero-order chi connectivity index (χ0) is 18.6. The maximum atomic E-state index is 5.88. The Morgan fingerprint density at radius 1 is 1.22 bits per heavy atom. The van der Waals surface area contributed by atoms with Crippen LogP contribution >= 0.6 is 24.0 Å². The molecule has 0 bridgehead atoms. The number of morpholine rings is 1. The molecule has 1 saturated heterocycles. The highest BCUT2D eigenvalue weighted by Gasteiger charge is 2.20. The fourth-order valence-corrected chi connectivity index (χ4v) is 3.10. The van der Waals surface area contributed by atoms with Crippen molar-refractivity contribution in [3.05, 3.63) is 30.3 Å². The molecule has 1 aromatic carbocycles. The summed E-state index contributed by atoms with van der Waals surface area (Å²) in [6, 6.07) is 10.3. The minimum absolute atomic E-state index is 0. The molecule has 1 heterocycles. The van der Waals surface area contributed by atoms with Crippen molar-refractivity contribution >= 4 is 35.6 Å². The Hall–Kier alpha value is -1.06. The van der Waals surface area contributed by atoms with E-state index in [2.05, 4.69) is 51.8 Å². The van der Waals surface area contributed by atoms with Crippen LogP contribution in [0.15, 0.2) is 35.3 Å². The maximum absolute atomic E-state index is 5.88. The van der Waals surface area contributed by atoms with Crippen LogP contribution in [0.3, 0.4) is 0 Å². The van der Waals surface area contributed by atoms with Gasteiger partial charge in [-0.1, -0.05) is 32.0 Å². The number of nitrogens with one attached hydrogen (secondary N) is 3. The Balaban J connectivity index is 0.00000364. The molecule has 1 atom stereocenters. The number of aliphatic imine (C=N–C) groups is 1. The van der Waals surface area contributed by atoms with Gasteiger partial charge < -0.3 is 20.7 Å². The van der Waals surface area contributed by atoms with Crippen LogP contribution in [-0.2, 0) is 4.74 Å². The highest BCUT2D eigenvalue weighted by atomic mass is 127. The molecule has 2 rings (SSSR count). The molecule has 0 aliphatic carbocycles. The fraction of sp³-hybridized carbons (Fsp3) is 0.650. The molecule has 154 valence electrons. The smallest absolute Gasteiger partial charge is 0.191 e. The molecule has 0 aromatic heterocycles. The fourth-order valence-electron chi connectivity index (χ4n) is 3.10. The number of hydrogen-bond acceptors (Lipinski definition) is 4. The van der Waals surface area contributed by atoms with E-state index in [1.807, 2.05) is 25.2 Å². The largest absolute Gasteiger partial charge is 0.385 e. The minimum atomic E-state index is 0. The average molecular weight is 489 g/mol. The van der Waals surface area contributed by atoms with Gasteiger partial charge in [-0.05, 0) is 24.5 Å². The molecule has 1 aliphatic heterocycles. The minimum Gasteiger partial charge on any atom is -0.385 e. The van der Waals surface area contributed by atoms with Crippen molar-refractivity contribution in [3.8, 4) is 0 Å². The summed E-state index contributed by atoms with van der Waals surface area (Å²) in [5, 5.41) is 10.2. The molecule has 1 aliphatic rings. The van der Waals surface area contributed by atoms with E-state index in [9.17, 15) is 0 Å². The lowest BCUT2D eigenvalue weighted by molar-refractivity contribution is -0.0284. The first-order valence-corrected chi connectivity index (χ1v) is 9.74. The highest BCUT2D eigenvalue weighted by molar-refractivity contribution is 14.0. The van der Waals surface area contributed by atoms with Crippen molar-refractivity contribution in [2.45, 2.75) is 26.4 Å². The van der Waals surface area contributed by atoms with Gasteiger partial charge in [0.2, 0.25) is 0 Å². The predicted octanol–water partition coefficient (Wildman–Crippen LogP) is 2.63. The van der Waals surface area contributed by atoms with Crippen molar-refractivity contribution in [2.24, 2.45) is 10.9 Å². The van der Waals surface area contributed by atoms with E-state index in [1.165, 1.54) is 0 Å². The maximum Gasteiger partial charge on any atom is 0.191 e. The first-order valence-electron chi connectivity index (χ1n) is 9.74. The topological polar surface area (TPSA) is 60.9 Å². The third-order valence-corrected chi connectivity index (χ3v) is 4.32. The third-order valence-electron chi connectivity index (χ3n) is 4.32. The van der Waals surface area contributed by atoms with Gasteiger partial charge in [-0.3, -0.25) is 9.89 Å². The number of guanidine groups is 1. The average Bonchev–Trinajstić information content (AvgIpc) is 2.64. The molecule has 6 nitrogen and oxygen atoms in total. The molecule has 1 fully saturated rings. The lowest BCUT2D eigenvalue weighted by atomic mass is 10.2. The van der Waals surface area contributed by atoms with Crippen LogP contribution in [0.2, 0.25) is 0 Å². The van der Waals surface area contributed by atoms with Gasteiger partial charge in [0.1, 0.15) is 0 Å². The predicted molar refractivity (Wildman–Crippen MR) is 125 cm³/mol. The van der Waals surface area contributed by atoms with Crippen LogP contribution in [0.5, 0.6) is 0 Å². The summed E-state index contributed by atoms with van der Waals surface area (Å²) in [4.78, 5) is 6.79. The SMILES string of the molecule is CN=C(NCCCNc1ccccc1)NCC1CN(CC(C)C)CCO1.I. The number of benzene rings is 1. The first kappa shape index (κ1) is 24.0. The van der Waals surface area contributed by atoms with Crippen LogP contribution in [0, 0.1) is 5.92 Å². The van der Waals surface area contributed by atoms with Gasteiger partial charge >= 0.3 is 0 Å². The Morgan fingerprint density at radius 3 is 2.70 bits per heavy atom. The van der Waals surface area contributed by atoms with E-state index in [4.69, 9.17) is 4.74 Å². The molecule has 1 aromatic rings. The summed E-state index contributed by atoms with van der Waals surface area (Å²) in [5.74, 6) is 1.54. The summed E-state index contributed by atoms with van der Waals surface area (Å²) in [5.41, 5.74) is 1.16. The molecular formula is C20H36IN5O.